The highest BCUT2D eigenvalue weighted by atomic mass is 19.3. The Labute approximate surface area is 162 Å². The van der Waals surface area contributed by atoms with Gasteiger partial charge >= 0.3 is 11.8 Å². The minimum atomic E-state index is -3.28. The molecule has 0 spiro atoms. The highest BCUT2D eigenvalue weighted by molar-refractivity contribution is 5.86. The fourth-order valence-electron chi connectivity index (χ4n) is 2.23. The molecule has 0 bridgehead atoms. The van der Waals surface area contributed by atoms with Crippen molar-refractivity contribution in [1.29, 1.82) is 0 Å². The summed E-state index contributed by atoms with van der Waals surface area (Å²) in [7, 11) is 0. The summed E-state index contributed by atoms with van der Waals surface area (Å²) in [6.45, 7) is 9.60. The Hall–Kier alpha value is -1.72. The molecule has 166 valence electrons. The number of hydrogen-bond donors (Lipinski definition) is 3. The van der Waals surface area contributed by atoms with Crippen LogP contribution < -0.4 is 10.6 Å². The summed E-state index contributed by atoms with van der Waals surface area (Å²) in [5, 5.41) is 12.5. The number of nitrogens with one attached hydrogen (secondary N) is 2. The highest BCUT2D eigenvalue weighted by Crippen LogP contribution is 2.27. The lowest BCUT2D eigenvalue weighted by Gasteiger charge is -2.15. The van der Waals surface area contributed by atoms with Gasteiger partial charge in [0.25, 0.3) is 11.8 Å². The van der Waals surface area contributed by atoms with Crippen molar-refractivity contribution in [1.82, 2.24) is 10.6 Å². The number of hydrogen-bond acceptors (Lipinski definition) is 5. The maximum Gasteiger partial charge on any atom is 0.326 e. The van der Waals surface area contributed by atoms with Crippen molar-refractivity contribution in [3.8, 4) is 0 Å². The van der Waals surface area contributed by atoms with Gasteiger partial charge in [0.1, 0.15) is 0 Å². The van der Waals surface area contributed by atoms with Crippen LogP contribution in [0, 0.1) is 0 Å². The number of ether oxygens (including phenoxy) is 2. The summed E-state index contributed by atoms with van der Waals surface area (Å²) in [6.07, 6.45) is -1.55. The van der Waals surface area contributed by atoms with Crippen molar-refractivity contribution < 1.29 is 41.7 Å². The second kappa shape index (κ2) is 12.7. The largest absolute Gasteiger partial charge is 0.394 e. The first kappa shape index (κ1) is 28.5. The van der Waals surface area contributed by atoms with Gasteiger partial charge in [-0.05, 0) is 13.8 Å². The summed E-state index contributed by atoms with van der Waals surface area (Å²) in [6, 6.07) is -1.40. The van der Waals surface area contributed by atoms with Crippen molar-refractivity contribution in [3.63, 3.8) is 0 Å². The molecule has 0 aromatic heterocycles. The van der Waals surface area contributed by atoms with Gasteiger partial charge in [-0.25, -0.2) is 0 Å². The number of rotatable bonds is 6. The van der Waals surface area contributed by atoms with Gasteiger partial charge in [0.15, 0.2) is 6.29 Å². The Balaban J connectivity index is 0. The molecule has 2 heterocycles. The van der Waals surface area contributed by atoms with Crippen molar-refractivity contribution in [2.24, 2.45) is 0 Å². The molecule has 1 unspecified atom stereocenters. The Morgan fingerprint density at radius 3 is 1.79 bits per heavy atom. The quantitative estimate of drug-likeness (QED) is 0.348. The predicted octanol–water partition coefficient (Wildman–Crippen LogP) is 1.85. The van der Waals surface area contributed by atoms with Gasteiger partial charge in [-0.3, -0.25) is 9.59 Å². The second-order valence-electron chi connectivity index (χ2n) is 5.70. The average molecular weight is 418 g/mol. The van der Waals surface area contributed by atoms with Crippen molar-refractivity contribution in [3.05, 3.63) is 13.2 Å². The highest BCUT2D eigenvalue weighted by Gasteiger charge is 2.48. The minimum Gasteiger partial charge on any atom is -0.394 e. The van der Waals surface area contributed by atoms with Crippen LogP contribution >= 0.6 is 0 Å². The Morgan fingerprint density at radius 2 is 1.50 bits per heavy atom. The third kappa shape index (κ3) is 8.98. The molecule has 3 N–H and O–H groups in total. The van der Waals surface area contributed by atoms with E-state index < -0.39 is 61.5 Å². The van der Waals surface area contributed by atoms with Crippen LogP contribution in [0.15, 0.2) is 13.2 Å². The molecule has 3 atom stereocenters. The van der Waals surface area contributed by atoms with Crippen LogP contribution in [-0.4, -0.2) is 67.0 Å². The van der Waals surface area contributed by atoms with Gasteiger partial charge in [0.2, 0.25) is 0 Å². The van der Waals surface area contributed by atoms with E-state index in [0.29, 0.717) is 6.61 Å². The molecule has 7 nitrogen and oxygen atoms in total. The van der Waals surface area contributed by atoms with E-state index in [4.69, 9.17) is 14.6 Å². The summed E-state index contributed by atoms with van der Waals surface area (Å²) in [5.74, 6) is -9.05. The number of carbonyl (C=O) groups is 2. The van der Waals surface area contributed by atoms with Crippen LogP contribution in [-0.2, 0) is 19.1 Å². The van der Waals surface area contributed by atoms with Crippen LogP contribution in [0.1, 0.15) is 34.1 Å². The van der Waals surface area contributed by atoms with E-state index in [9.17, 15) is 27.2 Å². The van der Waals surface area contributed by atoms with E-state index in [2.05, 4.69) is 18.5 Å². The van der Waals surface area contributed by atoms with E-state index in [0.717, 1.165) is 0 Å². The van der Waals surface area contributed by atoms with Crippen LogP contribution in [0.25, 0.3) is 0 Å². The molecule has 11 heteroatoms. The van der Waals surface area contributed by atoms with Gasteiger partial charge < -0.3 is 25.2 Å². The molecule has 2 saturated heterocycles. The van der Waals surface area contributed by atoms with E-state index in [1.807, 2.05) is 12.2 Å². The topological polar surface area (TPSA) is 96.9 Å². The number of alkyl halides is 4. The number of amides is 2. The molecule has 0 aromatic rings. The summed E-state index contributed by atoms with van der Waals surface area (Å²) < 4.78 is 60.2. The van der Waals surface area contributed by atoms with Gasteiger partial charge in [-0.1, -0.05) is 7.43 Å². The smallest absolute Gasteiger partial charge is 0.326 e. The lowest BCUT2D eigenvalue weighted by molar-refractivity contribution is -0.140. The molecule has 2 aliphatic heterocycles. The van der Waals surface area contributed by atoms with Gasteiger partial charge in [-0.15, -0.1) is 13.2 Å². The van der Waals surface area contributed by atoms with Gasteiger partial charge in [-0.2, -0.15) is 17.6 Å². The zero-order valence-electron chi connectivity index (χ0n) is 15.3. The lowest BCUT2D eigenvalue weighted by Crippen LogP contribution is -2.33. The molecule has 0 aromatic carbocycles. The summed E-state index contributed by atoms with van der Waals surface area (Å²) in [4.78, 5) is 21.0. The first-order valence-electron chi connectivity index (χ1n) is 8.23. The zero-order chi connectivity index (χ0) is 21.3. The fourth-order valence-corrected chi connectivity index (χ4v) is 2.23. The van der Waals surface area contributed by atoms with Gasteiger partial charge in [0, 0.05) is 19.4 Å². The number of halogens is 4. The number of carbonyl (C=O) groups excluding carboxylic acids is 2. The Kier molecular flexibility index (Phi) is 12.9. The Bertz CT molecular complexity index is 494. The molecule has 0 saturated carbocycles. The standard InChI is InChI=1S/C9H15F2NO3.C5H7F2NO2.C2H4.CH4/c1-3-14-6(2)15-5-7-4-9(10,11)8(13)12-7;6-5(7)1-3(2-9)8-4(5)10;1-2;/h6-7H,3-5H2,1-2H3,(H,12,13);3,9H,1-2H2,(H,8,10);1-2H2;1H4/t6?,7-;3-;;/m11../s1. The normalized spacial score (nSPS) is 25.1. The van der Waals surface area contributed by atoms with Crippen LogP contribution in [0.2, 0.25) is 0 Å². The minimum absolute atomic E-state index is 0. The molecule has 2 fully saturated rings. The predicted molar refractivity (Wildman–Crippen MR) is 95.1 cm³/mol. The van der Waals surface area contributed by atoms with E-state index in [-0.39, 0.29) is 14.0 Å². The van der Waals surface area contributed by atoms with Crippen molar-refractivity contribution in [2.75, 3.05) is 19.8 Å². The third-order valence-electron chi connectivity index (χ3n) is 3.49. The number of aliphatic hydroxyl groups is 1. The average Bonchev–Trinajstić information content (AvgIpc) is 3.02. The molecule has 0 radical (unpaired) electrons. The molecular weight excluding hydrogens is 388 g/mol. The maximum atomic E-state index is 12.8. The molecule has 2 aliphatic rings. The number of aliphatic hydroxyl groups excluding tert-OH is 1. The summed E-state index contributed by atoms with van der Waals surface area (Å²) in [5.41, 5.74) is 0. The molecule has 28 heavy (non-hydrogen) atoms. The van der Waals surface area contributed by atoms with Crippen LogP contribution in [0.4, 0.5) is 17.6 Å². The summed E-state index contributed by atoms with van der Waals surface area (Å²) >= 11 is 0. The maximum absolute atomic E-state index is 12.8. The van der Waals surface area contributed by atoms with Crippen LogP contribution in [0.3, 0.4) is 0 Å². The fraction of sp³-hybridized carbons (Fsp3) is 0.765. The van der Waals surface area contributed by atoms with E-state index in [1.165, 1.54) is 0 Å². The monoisotopic (exact) mass is 418 g/mol. The van der Waals surface area contributed by atoms with E-state index in [1.54, 1.807) is 6.92 Å². The molecule has 0 aliphatic carbocycles. The first-order valence-corrected chi connectivity index (χ1v) is 8.23. The second-order valence-corrected chi connectivity index (χ2v) is 5.70. The molecule has 2 rings (SSSR count). The van der Waals surface area contributed by atoms with Crippen LogP contribution in [0.5, 0.6) is 0 Å². The zero-order valence-corrected chi connectivity index (χ0v) is 15.3. The van der Waals surface area contributed by atoms with Crippen molar-refractivity contribution >= 4 is 11.8 Å². The molecular formula is C17H30F4N2O5. The van der Waals surface area contributed by atoms with Crippen molar-refractivity contribution in [2.45, 2.75) is 64.3 Å². The Morgan fingerprint density at radius 1 is 1.07 bits per heavy atom. The lowest BCUT2D eigenvalue weighted by atomic mass is 10.2. The van der Waals surface area contributed by atoms with E-state index >= 15 is 0 Å². The SMILES string of the molecule is C.C=C.CCOC(C)OC[C@H]1CC(F)(F)C(=O)N1.O=C1N[C@@H](CO)CC1(F)F. The third-order valence-corrected chi connectivity index (χ3v) is 3.49. The van der Waals surface area contributed by atoms with Gasteiger partial charge in [0.05, 0.1) is 25.3 Å². The first-order chi connectivity index (χ1) is 12.5. The molecule has 2 amide bonds.